The van der Waals surface area contributed by atoms with Gasteiger partial charge in [0.15, 0.2) is 5.78 Å². The molecule has 0 radical (unpaired) electrons. The molecule has 0 aromatic heterocycles. The van der Waals surface area contributed by atoms with Gasteiger partial charge in [-0.3, -0.25) is 9.36 Å². The maximum absolute atomic E-state index is 12.2. The fourth-order valence-electron chi connectivity index (χ4n) is 2.95. The van der Waals surface area contributed by atoms with Crippen molar-refractivity contribution in [2.75, 3.05) is 0 Å². The van der Waals surface area contributed by atoms with Crippen molar-refractivity contribution in [1.82, 2.24) is 5.32 Å². The Kier molecular flexibility index (Phi) is 7.18. The summed E-state index contributed by atoms with van der Waals surface area (Å²) in [5.41, 5.74) is 0.450. The van der Waals surface area contributed by atoms with E-state index >= 15 is 0 Å². The molecule has 2 rings (SSSR count). The molecule has 0 fully saturated rings. The number of fused-ring (bicyclic) bond motifs is 1. The van der Waals surface area contributed by atoms with Gasteiger partial charge in [-0.25, -0.2) is 0 Å². The highest BCUT2D eigenvalue weighted by Crippen LogP contribution is 2.51. The molecule has 136 valence electrons. The zero-order valence-corrected chi connectivity index (χ0v) is 15.4. The molecule has 2 aromatic carbocycles. The smallest absolute Gasteiger partial charge is 0.338 e. The van der Waals surface area contributed by atoms with Crippen LogP contribution in [0.5, 0.6) is 0 Å². The molecule has 2 aromatic rings. The van der Waals surface area contributed by atoms with E-state index in [1.807, 2.05) is 30.3 Å². The molecule has 0 aliphatic rings. The van der Waals surface area contributed by atoms with Crippen molar-refractivity contribution in [2.24, 2.45) is 0 Å². The van der Waals surface area contributed by atoms with Gasteiger partial charge in [0.05, 0.1) is 0 Å². The molecule has 3 N–H and O–H groups in total. The zero-order valence-electron chi connectivity index (χ0n) is 14.5. The van der Waals surface area contributed by atoms with Gasteiger partial charge in [-0.05, 0) is 22.8 Å². The molecule has 0 spiro atoms. The van der Waals surface area contributed by atoms with Crippen LogP contribution in [0.25, 0.3) is 10.8 Å². The largest absolute Gasteiger partial charge is 0.352 e. The highest BCUT2D eigenvalue weighted by Gasteiger charge is 2.32. The van der Waals surface area contributed by atoms with Crippen molar-refractivity contribution in [3.05, 3.63) is 48.0 Å². The third-order valence-corrected chi connectivity index (χ3v) is 5.34. The molecule has 0 saturated heterocycles. The Bertz CT molecular complexity index is 751. The maximum atomic E-state index is 12.2. The van der Waals surface area contributed by atoms with Crippen LogP contribution in [-0.2, 0) is 9.36 Å². The summed E-state index contributed by atoms with van der Waals surface area (Å²) in [5.74, 6) is -1.64. The van der Waals surface area contributed by atoms with E-state index in [2.05, 4.69) is 12.2 Å². The van der Waals surface area contributed by atoms with Gasteiger partial charge in [0.25, 0.3) is 0 Å². The summed E-state index contributed by atoms with van der Waals surface area (Å²) >= 11 is 0. The fraction of sp³-hybridized carbons (Fsp3) is 0.421. The number of benzene rings is 2. The van der Waals surface area contributed by atoms with Crippen LogP contribution in [0.3, 0.4) is 0 Å². The van der Waals surface area contributed by atoms with Crippen LogP contribution >= 0.6 is 7.60 Å². The second-order valence-electron chi connectivity index (χ2n) is 6.29. The molecule has 6 heteroatoms. The number of hydrogen-bond donors (Lipinski definition) is 3. The van der Waals surface area contributed by atoms with Gasteiger partial charge in [0.1, 0.15) is 0 Å². The lowest BCUT2D eigenvalue weighted by Crippen LogP contribution is -2.28. The standard InChI is InChI=1S/C19H26NO4P/c1-2-3-4-5-6-14-18(21)20-19(25(22,23)24)17-13-9-11-15-10-7-8-12-16(15)17/h7-13,19H,2-6,14H2,1H3,(H,20,21)(H2,22,23,24). The van der Waals surface area contributed by atoms with E-state index in [1.165, 1.54) is 0 Å². The quantitative estimate of drug-likeness (QED) is 0.452. The zero-order chi connectivity index (χ0) is 18.3. The highest BCUT2D eigenvalue weighted by molar-refractivity contribution is 7.52. The van der Waals surface area contributed by atoms with E-state index in [-0.39, 0.29) is 12.3 Å². The minimum absolute atomic E-state index is 0.283. The summed E-state index contributed by atoms with van der Waals surface area (Å²) in [5, 5.41) is 4.17. The molecule has 0 bridgehead atoms. The molecule has 1 unspecified atom stereocenters. The predicted molar refractivity (Wildman–Crippen MR) is 100 cm³/mol. The first-order valence-electron chi connectivity index (χ1n) is 8.75. The molecule has 0 heterocycles. The van der Waals surface area contributed by atoms with Crippen LogP contribution in [0, 0.1) is 0 Å². The Balaban J connectivity index is 2.14. The van der Waals surface area contributed by atoms with Crippen LogP contribution < -0.4 is 5.32 Å². The van der Waals surface area contributed by atoms with E-state index in [4.69, 9.17) is 0 Å². The third-order valence-electron chi connectivity index (χ3n) is 4.26. The topological polar surface area (TPSA) is 86.6 Å². The van der Waals surface area contributed by atoms with Gasteiger partial charge in [-0.15, -0.1) is 0 Å². The summed E-state index contributed by atoms with van der Waals surface area (Å²) in [7, 11) is -4.54. The number of amides is 1. The second kappa shape index (κ2) is 9.14. The van der Waals surface area contributed by atoms with E-state index in [1.54, 1.807) is 12.1 Å². The number of carbonyl (C=O) groups excluding carboxylic acids is 1. The normalized spacial score (nSPS) is 12.9. The number of hydrogen-bond acceptors (Lipinski definition) is 2. The number of nitrogens with one attached hydrogen (secondary N) is 1. The van der Waals surface area contributed by atoms with Crippen molar-refractivity contribution < 1.29 is 19.1 Å². The van der Waals surface area contributed by atoms with Crippen LogP contribution in [-0.4, -0.2) is 15.7 Å². The Morgan fingerprint density at radius 3 is 2.44 bits per heavy atom. The Hall–Kier alpha value is -1.68. The lowest BCUT2D eigenvalue weighted by atomic mass is 10.0. The SMILES string of the molecule is CCCCCCCC(=O)NC(c1cccc2ccccc12)P(=O)(O)O. The molecule has 1 amide bonds. The average Bonchev–Trinajstić information content (AvgIpc) is 2.58. The summed E-state index contributed by atoms with van der Waals surface area (Å²) in [4.78, 5) is 31.7. The maximum Gasteiger partial charge on any atom is 0.352 e. The Labute approximate surface area is 148 Å². The van der Waals surface area contributed by atoms with E-state index < -0.39 is 13.4 Å². The molecular formula is C19H26NO4P. The first kappa shape index (κ1) is 19.6. The Morgan fingerprint density at radius 1 is 1.04 bits per heavy atom. The second-order valence-corrected chi connectivity index (χ2v) is 7.99. The van der Waals surface area contributed by atoms with Crippen molar-refractivity contribution in [3.8, 4) is 0 Å². The monoisotopic (exact) mass is 363 g/mol. The lowest BCUT2D eigenvalue weighted by molar-refractivity contribution is -0.121. The van der Waals surface area contributed by atoms with Gasteiger partial charge < -0.3 is 15.1 Å². The summed E-state index contributed by atoms with van der Waals surface area (Å²) < 4.78 is 12.0. The minimum Gasteiger partial charge on any atom is -0.338 e. The number of unbranched alkanes of at least 4 members (excludes halogenated alkanes) is 4. The molecule has 0 aliphatic heterocycles. The van der Waals surface area contributed by atoms with Gasteiger partial charge >= 0.3 is 7.60 Å². The van der Waals surface area contributed by atoms with E-state index in [0.29, 0.717) is 5.56 Å². The van der Waals surface area contributed by atoms with Crippen molar-refractivity contribution in [2.45, 2.75) is 51.2 Å². The summed E-state index contributed by atoms with van der Waals surface area (Å²) in [6.45, 7) is 2.13. The van der Waals surface area contributed by atoms with E-state index in [9.17, 15) is 19.1 Å². The van der Waals surface area contributed by atoms with Crippen LogP contribution in [0.2, 0.25) is 0 Å². The van der Waals surface area contributed by atoms with Crippen LogP contribution in [0.1, 0.15) is 56.8 Å². The van der Waals surface area contributed by atoms with Gasteiger partial charge in [-0.1, -0.05) is 75.1 Å². The molecule has 25 heavy (non-hydrogen) atoms. The predicted octanol–water partition coefficient (Wildman–Crippen LogP) is 4.49. The number of carbonyl (C=O) groups is 1. The molecule has 1 atom stereocenters. The first-order chi connectivity index (χ1) is 11.9. The first-order valence-corrected chi connectivity index (χ1v) is 10.4. The Morgan fingerprint density at radius 2 is 1.72 bits per heavy atom. The molecule has 5 nitrogen and oxygen atoms in total. The summed E-state index contributed by atoms with van der Waals surface area (Å²) in [6, 6.07) is 12.7. The number of rotatable bonds is 9. The van der Waals surface area contributed by atoms with Gasteiger partial charge in [0.2, 0.25) is 5.91 Å². The van der Waals surface area contributed by atoms with Crippen LogP contribution in [0.4, 0.5) is 0 Å². The lowest BCUT2D eigenvalue weighted by Gasteiger charge is -2.22. The van der Waals surface area contributed by atoms with E-state index in [0.717, 1.165) is 42.9 Å². The average molecular weight is 363 g/mol. The van der Waals surface area contributed by atoms with Crippen molar-refractivity contribution in [3.63, 3.8) is 0 Å². The minimum atomic E-state index is -4.54. The molecular weight excluding hydrogens is 337 g/mol. The third kappa shape index (κ3) is 5.67. The van der Waals surface area contributed by atoms with Crippen molar-refractivity contribution in [1.29, 1.82) is 0 Å². The summed E-state index contributed by atoms with van der Waals surface area (Å²) in [6.07, 6.45) is 5.32. The molecule has 0 aliphatic carbocycles. The van der Waals surface area contributed by atoms with Gasteiger partial charge in [-0.2, -0.15) is 0 Å². The van der Waals surface area contributed by atoms with Crippen molar-refractivity contribution >= 4 is 24.3 Å². The highest BCUT2D eigenvalue weighted by atomic mass is 31.2. The van der Waals surface area contributed by atoms with Gasteiger partial charge in [0, 0.05) is 6.42 Å². The van der Waals surface area contributed by atoms with Crippen LogP contribution in [0.15, 0.2) is 42.5 Å². The fourth-order valence-corrected chi connectivity index (χ4v) is 3.85. The molecule has 0 saturated carbocycles.